The lowest BCUT2D eigenvalue weighted by molar-refractivity contribution is -0.161. The first kappa shape index (κ1) is 14.3. The molecule has 1 heterocycles. The molecule has 19 heavy (non-hydrogen) atoms. The number of nitrogens with zero attached hydrogens (tertiary/aromatic N) is 1. The summed E-state index contributed by atoms with van der Waals surface area (Å²) in [6, 6.07) is 0. The summed E-state index contributed by atoms with van der Waals surface area (Å²) < 4.78 is 5.60. The van der Waals surface area contributed by atoms with E-state index in [1.807, 2.05) is 26.2 Å². The number of ether oxygens (including phenoxy) is 1. The zero-order chi connectivity index (χ0) is 13.9. The molecule has 4 nitrogen and oxygen atoms in total. The Morgan fingerprint density at radius 1 is 1.37 bits per heavy atom. The zero-order valence-electron chi connectivity index (χ0n) is 11.9. The molecule has 2 rings (SSSR count). The molecular weight excluding hydrogens is 260 g/mol. The molecule has 0 aromatic carbocycles. The molecule has 106 valence electrons. The van der Waals surface area contributed by atoms with Crippen LogP contribution in [0.2, 0.25) is 0 Å². The van der Waals surface area contributed by atoms with Crippen LogP contribution >= 0.6 is 11.3 Å². The number of carbonyl (C=O) groups excluding carboxylic acids is 1. The Labute approximate surface area is 118 Å². The van der Waals surface area contributed by atoms with Gasteiger partial charge in [0.05, 0.1) is 0 Å². The zero-order valence-corrected chi connectivity index (χ0v) is 12.7. The third-order valence-corrected chi connectivity index (χ3v) is 3.96. The predicted molar refractivity (Wildman–Crippen MR) is 77.4 cm³/mol. The Bertz CT molecular complexity index is 417. The highest BCUT2D eigenvalue weighted by molar-refractivity contribution is 7.13. The van der Waals surface area contributed by atoms with Gasteiger partial charge in [0.15, 0.2) is 5.13 Å². The molecule has 0 amide bonds. The fourth-order valence-corrected chi connectivity index (χ4v) is 3.03. The van der Waals surface area contributed by atoms with Gasteiger partial charge in [-0.15, -0.1) is 11.3 Å². The number of carbonyl (C=O) groups is 1. The van der Waals surface area contributed by atoms with Crippen molar-refractivity contribution < 1.29 is 9.53 Å². The number of esters is 1. The third-order valence-electron chi connectivity index (χ3n) is 3.28. The van der Waals surface area contributed by atoms with E-state index in [0.29, 0.717) is 0 Å². The van der Waals surface area contributed by atoms with E-state index < -0.39 is 11.1 Å². The van der Waals surface area contributed by atoms with Crippen LogP contribution in [0, 0.1) is 0 Å². The quantitative estimate of drug-likeness (QED) is 0.861. The van der Waals surface area contributed by atoms with Crippen molar-refractivity contribution in [3.8, 4) is 0 Å². The summed E-state index contributed by atoms with van der Waals surface area (Å²) in [7, 11) is 0. The van der Waals surface area contributed by atoms with Crippen LogP contribution in [-0.2, 0) is 9.53 Å². The molecule has 1 fully saturated rings. The molecule has 0 unspecified atom stereocenters. The first-order chi connectivity index (χ1) is 8.91. The maximum Gasteiger partial charge on any atom is 0.332 e. The van der Waals surface area contributed by atoms with Crippen LogP contribution in [0.15, 0.2) is 11.6 Å². The first-order valence-electron chi connectivity index (χ1n) is 6.82. The van der Waals surface area contributed by atoms with Gasteiger partial charge in [-0.25, -0.2) is 9.78 Å². The van der Waals surface area contributed by atoms with Crippen LogP contribution < -0.4 is 5.32 Å². The van der Waals surface area contributed by atoms with E-state index in [-0.39, 0.29) is 5.97 Å². The molecule has 5 heteroatoms. The van der Waals surface area contributed by atoms with Crippen molar-refractivity contribution in [2.24, 2.45) is 0 Å². The number of aromatic nitrogens is 1. The van der Waals surface area contributed by atoms with E-state index in [4.69, 9.17) is 4.74 Å². The summed E-state index contributed by atoms with van der Waals surface area (Å²) in [5.74, 6) is -0.144. The molecule has 0 atom stereocenters. The molecule has 0 spiro atoms. The van der Waals surface area contributed by atoms with Gasteiger partial charge in [0, 0.05) is 11.6 Å². The molecular formula is C14H22N2O2S. The summed E-state index contributed by atoms with van der Waals surface area (Å²) in [6.45, 7) is 5.72. The molecule has 1 saturated carbocycles. The lowest BCUT2D eigenvalue weighted by Gasteiger charge is -2.37. The Morgan fingerprint density at radius 3 is 2.58 bits per heavy atom. The largest absolute Gasteiger partial charge is 0.458 e. The minimum atomic E-state index is -0.594. The normalized spacial score (nSPS) is 18.9. The predicted octanol–water partition coefficient (Wildman–Crippen LogP) is 3.60. The lowest BCUT2D eigenvalue weighted by atomic mass is 9.81. The summed E-state index contributed by atoms with van der Waals surface area (Å²) >= 11 is 1.52. The highest BCUT2D eigenvalue weighted by Gasteiger charge is 2.43. The van der Waals surface area contributed by atoms with Gasteiger partial charge in [0.1, 0.15) is 11.1 Å². The summed E-state index contributed by atoms with van der Waals surface area (Å²) in [5.41, 5.74) is -1.05. The van der Waals surface area contributed by atoms with E-state index in [9.17, 15) is 4.79 Å². The Hall–Kier alpha value is -1.10. The molecule has 1 aromatic rings. The van der Waals surface area contributed by atoms with Crippen molar-refractivity contribution in [3.63, 3.8) is 0 Å². The second-order valence-electron chi connectivity index (χ2n) is 6.11. The average molecular weight is 282 g/mol. The first-order valence-corrected chi connectivity index (χ1v) is 7.70. The van der Waals surface area contributed by atoms with Crippen LogP contribution in [0.4, 0.5) is 5.13 Å². The van der Waals surface area contributed by atoms with Gasteiger partial charge in [0.2, 0.25) is 0 Å². The molecule has 0 aliphatic heterocycles. The van der Waals surface area contributed by atoms with E-state index in [0.717, 1.165) is 30.8 Å². The maximum atomic E-state index is 12.6. The van der Waals surface area contributed by atoms with Crippen LogP contribution in [0.3, 0.4) is 0 Å². The number of hydrogen-bond donors (Lipinski definition) is 1. The van der Waals surface area contributed by atoms with Gasteiger partial charge in [-0.2, -0.15) is 0 Å². The van der Waals surface area contributed by atoms with Gasteiger partial charge < -0.3 is 10.1 Å². The van der Waals surface area contributed by atoms with Gasteiger partial charge in [0.25, 0.3) is 0 Å². The van der Waals surface area contributed by atoms with Crippen molar-refractivity contribution in [1.82, 2.24) is 4.98 Å². The Kier molecular flexibility index (Phi) is 4.13. The van der Waals surface area contributed by atoms with Crippen molar-refractivity contribution in [2.75, 3.05) is 5.32 Å². The standard InChI is InChI=1S/C14H22N2O2S/c1-13(2,3)18-11(17)14(7-5-4-6-8-14)16-12-15-9-10-19-12/h9-10H,4-8H2,1-3H3,(H,15,16). The molecule has 0 saturated heterocycles. The SMILES string of the molecule is CC(C)(C)OC(=O)C1(Nc2nccs2)CCCCC1. The average Bonchev–Trinajstić information content (AvgIpc) is 2.80. The second-order valence-corrected chi connectivity index (χ2v) is 7.00. The Morgan fingerprint density at radius 2 is 2.05 bits per heavy atom. The molecule has 1 N–H and O–H groups in total. The fourth-order valence-electron chi connectivity index (χ4n) is 2.40. The fraction of sp³-hybridized carbons (Fsp3) is 0.714. The number of rotatable bonds is 3. The van der Waals surface area contributed by atoms with E-state index in [2.05, 4.69) is 10.3 Å². The highest BCUT2D eigenvalue weighted by Crippen LogP contribution is 2.34. The van der Waals surface area contributed by atoms with Crippen LogP contribution in [-0.4, -0.2) is 22.1 Å². The van der Waals surface area contributed by atoms with Crippen LogP contribution in [0.1, 0.15) is 52.9 Å². The molecule has 0 bridgehead atoms. The van der Waals surface area contributed by atoms with Gasteiger partial charge in [-0.1, -0.05) is 19.3 Å². The van der Waals surface area contributed by atoms with Crippen molar-refractivity contribution in [2.45, 2.75) is 64.0 Å². The minimum Gasteiger partial charge on any atom is -0.458 e. The lowest BCUT2D eigenvalue weighted by Crippen LogP contribution is -2.50. The number of hydrogen-bond acceptors (Lipinski definition) is 5. The maximum absolute atomic E-state index is 12.6. The number of thiazole rings is 1. The highest BCUT2D eigenvalue weighted by atomic mass is 32.1. The minimum absolute atomic E-state index is 0.144. The summed E-state index contributed by atoms with van der Waals surface area (Å²) in [6.07, 6.45) is 6.68. The van der Waals surface area contributed by atoms with Crippen LogP contribution in [0.25, 0.3) is 0 Å². The third kappa shape index (κ3) is 3.69. The van der Waals surface area contributed by atoms with Crippen LogP contribution in [0.5, 0.6) is 0 Å². The Balaban J connectivity index is 2.16. The van der Waals surface area contributed by atoms with Gasteiger partial charge in [-0.3, -0.25) is 0 Å². The second kappa shape index (κ2) is 5.49. The van der Waals surface area contributed by atoms with Crippen molar-refractivity contribution in [1.29, 1.82) is 0 Å². The smallest absolute Gasteiger partial charge is 0.332 e. The molecule has 1 aromatic heterocycles. The molecule has 0 radical (unpaired) electrons. The van der Waals surface area contributed by atoms with Crippen molar-refractivity contribution >= 4 is 22.4 Å². The van der Waals surface area contributed by atoms with Gasteiger partial charge in [-0.05, 0) is 33.6 Å². The van der Waals surface area contributed by atoms with Gasteiger partial charge >= 0.3 is 5.97 Å². The van der Waals surface area contributed by atoms with E-state index in [1.165, 1.54) is 17.8 Å². The van der Waals surface area contributed by atoms with Crippen molar-refractivity contribution in [3.05, 3.63) is 11.6 Å². The topological polar surface area (TPSA) is 51.2 Å². The van der Waals surface area contributed by atoms with E-state index >= 15 is 0 Å². The number of nitrogens with one attached hydrogen (secondary N) is 1. The number of anilines is 1. The molecule has 1 aliphatic carbocycles. The molecule has 1 aliphatic rings. The van der Waals surface area contributed by atoms with E-state index in [1.54, 1.807) is 6.20 Å². The monoisotopic (exact) mass is 282 g/mol. The summed E-state index contributed by atoms with van der Waals surface area (Å²) in [5, 5.41) is 6.04. The summed E-state index contributed by atoms with van der Waals surface area (Å²) in [4.78, 5) is 16.8.